The Morgan fingerprint density at radius 1 is 1.09 bits per heavy atom. The fraction of sp³-hybridized carbons (Fsp3) is 0.391. The highest BCUT2D eigenvalue weighted by molar-refractivity contribution is 9.10. The summed E-state index contributed by atoms with van der Waals surface area (Å²) in [6.07, 6.45) is 2.12. The summed E-state index contributed by atoms with van der Waals surface area (Å²) in [7, 11) is 0. The molecule has 0 radical (unpaired) electrons. The number of carbonyl (C=O) groups excluding carboxylic acids is 1. The number of nitro groups is 2. The average Bonchev–Trinajstić information content (AvgIpc) is 2.70. The number of amides is 1. The highest BCUT2D eigenvalue weighted by atomic mass is 79.9. The zero-order valence-corrected chi connectivity index (χ0v) is 21.2. The molecule has 182 valence electrons. The van der Waals surface area contributed by atoms with Crippen LogP contribution < -0.4 is 10.2 Å². The largest absolute Gasteiger partial charge is 0.476 e. The number of hydrogen-bond donors (Lipinski definition) is 1. The third-order valence-electron chi connectivity index (χ3n) is 4.83. The van der Waals surface area contributed by atoms with Crippen LogP contribution >= 0.6 is 15.9 Å². The predicted molar refractivity (Wildman–Crippen MR) is 132 cm³/mol. The third-order valence-corrected chi connectivity index (χ3v) is 5.42. The summed E-state index contributed by atoms with van der Waals surface area (Å²) < 4.78 is 5.83. The summed E-state index contributed by atoms with van der Waals surface area (Å²) in [5, 5.41) is 26.2. The summed E-state index contributed by atoms with van der Waals surface area (Å²) in [5.41, 5.74) is 2.97. The van der Waals surface area contributed by atoms with Gasteiger partial charge in [0, 0.05) is 18.2 Å². The lowest BCUT2D eigenvalue weighted by molar-refractivity contribution is -0.386. The molecular formula is C23H27BrN4O6. The van der Waals surface area contributed by atoms with Crippen LogP contribution in [-0.2, 0) is 10.2 Å². The van der Waals surface area contributed by atoms with Crippen molar-refractivity contribution >= 4 is 39.4 Å². The molecule has 0 spiro atoms. The highest BCUT2D eigenvalue weighted by Crippen LogP contribution is 2.43. The Hall–Kier alpha value is -3.34. The maximum absolute atomic E-state index is 12.1. The monoisotopic (exact) mass is 534 g/mol. The smallest absolute Gasteiger partial charge is 0.312 e. The molecule has 1 amide bonds. The van der Waals surface area contributed by atoms with Crippen molar-refractivity contribution in [3.63, 3.8) is 0 Å². The quantitative estimate of drug-likeness (QED) is 0.255. The molecule has 34 heavy (non-hydrogen) atoms. The molecule has 0 heterocycles. The molecule has 0 saturated carbocycles. The van der Waals surface area contributed by atoms with E-state index in [4.69, 9.17) is 4.74 Å². The molecule has 2 aromatic carbocycles. The second kappa shape index (κ2) is 10.7. The summed E-state index contributed by atoms with van der Waals surface area (Å²) >= 11 is 3.35. The van der Waals surface area contributed by atoms with Gasteiger partial charge in [-0.3, -0.25) is 25.0 Å². The van der Waals surface area contributed by atoms with Crippen molar-refractivity contribution in [2.24, 2.45) is 10.5 Å². The molecule has 0 aliphatic rings. The van der Waals surface area contributed by atoms with Gasteiger partial charge in [-0.05, 0) is 62.5 Å². The van der Waals surface area contributed by atoms with Crippen LogP contribution in [0.3, 0.4) is 0 Å². The van der Waals surface area contributed by atoms with Gasteiger partial charge in [-0.25, -0.2) is 5.43 Å². The van der Waals surface area contributed by atoms with Gasteiger partial charge in [-0.2, -0.15) is 5.10 Å². The van der Waals surface area contributed by atoms with Gasteiger partial charge in [-0.1, -0.05) is 34.6 Å². The van der Waals surface area contributed by atoms with Crippen molar-refractivity contribution < 1.29 is 19.4 Å². The van der Waals surface area contributed by atoms with Crippen LogP contribution in [0.1, 0.15) is 52.2 Å². The lowest BCUT2D eigenvalue weighted by Gasteiger charge is -2.33. The van der Waals surface area contributed by atoms with Crippen molar-refractivity contribution in [2.45, 2.75) is 46.5 Å². The first kappa shape index (κ1) is 26.9. The number of nitrogens with zero attached hydrogens (tertiary/aromatic N) is 3. The first-order valence-corrected chi connectivity index (χ1v) is 11.2. The van der Waals surface area contributed by atoms with Gasteiger partial charge < -0.3 is 4.74 Å². The van der Waals surface area contributed by atoms with Gasteiger partial charge in [0.05, 0.1) is 20.5 Å². The molecule has 0 aliphatic heterocycles. The number of benzene rings is 2. The molecule has 0 fully saturated rings. The van der Waals surface area contributed by atoms with Gasteiger partial charge in [0.15, 0.2) is 6.61 Å². The van der Waals surface area contributed by atoms with E-state index in [2.05, 4.69) is 47.2 Å². The van der Waals surface area contributed by atoms with Gasteiger partial charge in [0.25, 0.3) is 11.6 Å². The van der Waals surface area contributed by atoms with E-state index in [0.717, 1.165) is 12.0 Å². The second-order valence-electron chi connectivity index (χ2n) is 9.62. The highest BCUT2D eigenvalue weighted by Gasteiger charge is 2.31. The van der Waals surface area contributed by atoms with E-state index in [9.17, 15) is 25.0 Å². The Balaban J connectivity index is 2.10. The molecule has 11 heteroatoms. The second-order valence-corrected chi connectivity index (χ2v) is 10.5. The molecule has 0 atom stereocenters. The van der Waals surface area contributed by atoms with Crippen LogP contribution in [-0.4, -0.2) is 28.6 Å². The maximum atomic E-state index is 12.1. The number of halogens is 1. The standard InChI is InChI=1S/C23H27BrN4O6/c1-22(2,3)14-23(4,5)16-10-18(24)21(19(11-16)28(32)33)34-13-20(29)26-25-12-15-6-8-17(9-7-15)27(30)31/h6-12H,13-14H2,1-5H3,(H,26,29). The fourth-order valence-electron chi connectivity index (χ4n) is 3.71. The molecule has 2 aromatic rings. The van der Waals surface area contributed by atoms with E-state index in [0.29, 0.717) is 10.0 Å². The van der Waals surface area contributed by atoms with Crippen LogP contribution in [0.25, 0.3) is 0 Å². The van der Waals surface area contributed by atoms with Gasteiger partial charge >= 0.3 is 5.69 Å². The minimum atomic E-state index is -0.628. The number of hydrogen-bond acceptors (Lipinski definition) is 7. The number of hydrazone groups is 1. The van der Waals surface area contributed by atoms with Gasteiger partial charge in [0.1, 0.15) is 0 Å². The molecule has 2 rings (SSSR count). The number of ether oxygens (including phenoxy) is 1. The molecule has 0 bridgehead atoms. The van der Waals surface area contributed by atoms with Crippen molar-refractivity contribution in [3.05, 3.63) is 72.2 Å². The van der Waals surface area contributed by atoms with E-state index in [1.54, 1.807) is 6.07 Å². The van der Waals surface area contributed by atoms with Crippen LogP contribution in [0, 0.1) is 25.6 Å². The lowest BCUT2D eigenvalue weighted by Crippen LogP contribution is -2.26. The van der Waals surface area contributed by atoms with Gasteiger partial charge in [-0.15, -0.1) is 0 Å². The normalized spacial score (nSPS) is 11.9. The van der Waals surface area contributed by atoms with Crippen molar-refractivity contribution in [1.29, 1.82) is 0 Å². The maximum Gasteiger partial charge on any atom is 0.312 e. The number of nitrogens with one attached hydrogen (secondary N) is 1. The first-order chi connectivity index (χ1) is 15.7. The lowest BCUT2D eigenvalue weighted by atomic mass is 9.72. The minimum absolute atomic E-state index is 0.0208. The number of carbonyl (C=O) groups is 1. The van der Waals surface area contributed by atoms with Crippen LogP contribution in [0.4, 0.5) is 11.4 Å². The Kier molecular flexibility index (Phi) is 8.49. The van der Waals surface area contributed by atoms with E-state index >= 15 is 0 Å². The molecular weight excluding hydrogens is 508 g/mol. The molecule has 0 aliphatic carbocycles. The Bertz CT molecular complexity index is 1110. The zero-order chi connectivity index (χ0) is 25.7. The fourth-order valence-corrected chi connectivity index (χ4v) is 4.27. The van der Waals surface area contributed by atoms with Crippen molar-refractivity contribution in [1.82, 2.24) is 5.43 Å². The molecule has 10 nitrogen and oxygen atoms in total. The van der Waals surface area contributed by atoms with E-state index < -0.39 is 22.4 Å². The number of rotatable bonds is 9. The van der Waals surface area contributed by atoms with Crippen LogP contribution in [0.15, 0.2) is 46.0 Å². The molecule has 0 saturated heterocycles. The molecule has 0 aromatic heterocycles. The van der Waals surface area contributed by atoms with E-state index in [-0.39, 0.29) is 28.0 Å². The predicted octanol–water partition coefficient (Wildman–Crippen LogP) is 5.51. The summed E-state index contributed by atoms with van der Waals surface area (Å²) in [5.74, 6) is -0.675. The van der Waals surface area contributed by atoms with E-state index in [1.807, 2.05) is 13.8 Å². The van der Waals surface area contributed by atoms with Crippen molar-refractivity contribution in [3.8, 4) is 5.75 Å². The van der Waals surface area contributed by atoms with Crippen LogP contribution in [0.5, 0.6) is 5.75 Å². The number of nitro benzene ring substituents is 2. The number of non-ortho nitro benzene ring substituents is 1. The molecule has 1 N–H and O–H groups in total. The van der Waals surface area contributed by atoms with Gasteiger partial charge in [0.2, 0.25) is 5.75 Å². The van der Waals surface area contributed by atoms with Crippen molar-refractivity contribution in [2.75, 3.05) is 6.61 Å². The van der Waals surface area contributed by atoms with Crippen LogP contribution in [0.2, 0.25) is 0 Å². The summed E-state index contributed by atoms with van der Waals surface area (Å²) in [6.45, 7) is 9.89. The topological polar surface area (TPSA) is 137 Å². The Morgan fingerprint density at radius 2 is 1.71 bits per heavy atom. The third kappa shape index (κ3) is 7.62. The van der Waals surface area contributed by atoms with E-state index in [1.165, 1.54) is 36.5 Å². The average molecular weight is 535 g/mol. The minimum Gasteiger partial charge on any atom is -0.476 e. The SMILES string of the molecule is CC(C)(C)CC(C)(C)c1cc(Br)c(OCC(=O)NN=Cc2ccc([N+](=O)[O-])cc2)c([N+](=O)[O-])c1. The first-order valence-electron chi connectivity index (χ1n) is 10.4. The zero-order valence-electron chi connectivity index (χ0n) is 19.6. The summed E-state index contributed by atoms with van der Waals surface area (Å²) in [4.78, 5) is 33.4. The summed E-state index contributed by atoms with van der Waals surface area (Å²) in [6, 6.07) is 8.85. The Morgan fingerprint density at radius 3 is 2.24 bits per heavy atom. The molecule has 0 unspecified atom stereocenters. The Labute approximate surface area is 205 Å².